The molecule has 0 N–H and O–H groups in total. The van der Waals surface area contributed by atoms with Gasteiger partial charge in [0.2, 0.25) is 0 Å². The van der Waals surface area contributed by atoms with Crippen LogP contribution in [0.25, 0.3) is 22.4 Å². The first-order chi connectivity index (χ1) is 11.0. The second-order valence-electron chi connectivity index (χ2n) is 4.48. The highest BCUT2D eigenvalue weighted by molar-refractivity contribution is 5.76. The average molecular weight is 329 g/mol. The summed E-state index contributed by atoms with van der Waals surface area (Å²) in [5.74, 6) is -1.18. The molecule has 4 nitrogen and oxygen atoms in total. The Morgan fingerprint density at radius 1 is 1.09 bits per heavy atom. The summed E-state index contributed by atoms with van der Waals surface area (Å²) in [5.41, 5.74) is 0.267. The van der Waals surface area contributed by atoms with Crippen molar-refractivity contribution in [2.75, 3.05) is 0 Å². The Morgan fingerprint density at radius 2 is 1.87 bits per heavy atom. The summed E-state index contributed by atoms with van der Waals surface area (Å²) in [4.78, 5) is 7.95. The van der Waals surface area contributed by atoms with Crippen LogP contribution in [0.4, 0.5) is 22.0 Å². The highest BCUT2D eigenvalue weighted by Gasteiger charge is 2.16. The number of nitrogens with zero attached hydrogens (tertiary/aromatic N) is 3. The number of hydrogen-bond donors (Lipinski definition) is 0. The largest absolute Gasteiger partial charge is 0.434 e. The monoisotopic (exact) mass is 329 g/mol. The van der Waals surface area contributed by atoms with Crippen molar-refractivity contribution in [3.63, 3.8) is 0 Å². The van der Waals surface area contributed by atoms with Gasteiger partial charge in [0.25, 0.3) is 0 Å². The lowest BCUT2D eigenvalue weighted by atomic mass is 10.1. The molecule has 0 aliphatic carbocycles. The van der Waals surface area contributed by atoms with Crippen LogP contribution in [0.5, 0.6) is 5.75 Å². The van der Waals surface area contributed by atoms with E-state index in [2.05, 4.69) is 14.7 Å². The maximum absolute atomic E-state index is 13.2. The zero-order valence-corrected chi connectivity index (χ0v) is 11.3. The van der Waals surface area contributed by atoms with E-state index in [4.69, 9.17) is 0 Å². The highest BCUT2D eigenvalue weighted by atomic mass is 19.3. The summed E-state index contributed by atoms with van der Waals surface area (Å²) >= 11 is 0. The molecule has 2 aromatic heterocycles. The normalized spacial score (nSPS) is 11.6. The van der Waals surface area contributed by atoms with Crippen molar-refractivity contribution in [1.29, 1.82) is 0 Å². The van der Waals surface area contributed by atoms with Crippen LogP contribution < -0.4 is 4.74 Å². The first-order valence-electron chi connectivity index (χ1n) is 6.32. The molecule has 1 aromatic carbocycles. The molecular formula is C14H8F5N3O. The number of aromatic nitrogens is 3. The summed E-state index contributed by atoms with van der Waals surface area (Å²) in [6, 6.07) is 4.35. The van der Waals surface area contributed by atoms with Gasteiger partial charge in [0.15, 0.2) is 5.65 Å². The quantitative estimate of drug-likeness (QED) is 0.672. The second kappa shape index (κ2) is 5.82. The molecule has 0 saturated heterocycles. The van der Waals surface area contributed by atoms with Crippen LogP contribution in [-0.4, -0.2) is 21.1 Å². The molecule has 9 heteroatoms. The van der Waals surface area contributed by atoms with Crippen LogP contribution >= 0.6 is 0 Å². The van der Waals surface area contributed by atoms with Gasteiger partial charge in [-0.25, -0.2) is 14.4 Å². The summed E-state index contributed by atoms with van der Waals surface area (Å²) < 4.78 is 68.5. The number of ether oxygens (including phenoxy) is 1. The van der Waals surface area contributed by atoms with Crippen molar-refractivity contribution in [3.8, 4) is 17.0 Å². The summed E-state index contributed by atoms with van der Waals surface area (Å²) in [6.07, 6.45) is 2.24. The van der Waals surface area contributed by atoms with Gasteiger partial charge in [0.05, 0.1) is 11.9 Å². The Hall–Kier alpha value is -2.71. The van der Waals surface area contributed by atoms with Crippen LogP contribution in [0, 0.1) is 5.82 Å². The third-order valence-corrected chi connectivity index (χ3v) is 3.06. The Morgan fingerprint density at radius 3 is 2.57 bits per heavy atom. The standard InChI is InChI=1S/C14H8F5N3O/c15-7-1-2-8(11(5-7)23-14(18)19)10-6-20-12-9(21-10)3-4-22(12)13(16)17/h1-6,13-14H. The van der Waals surface area contributed by atoms with Gasteiger partial charge >= 0.3 is 13.2 Å². The van der Waals surface area contributed by atoms with Crippen LogP contribution in [0.2, 0.25) is 0 Å². The van der Waals surface area contributed by atoms with Crippen LogP contribution in [0.3, 0.4) is 0 Å². The van der Waals surface area contributed by atoms with Crippen molar-refractivity contribution in [3.05, 3.63) is 42.5 Å². The number of halogens is 5. The number of fused-ring (bicyclic) bond motifs is 1. The summed E-state index contributed by atoms with van der Waals surface area (Å²) in [5, 5.41) is 0. The minimum Gasteiger partial charge on any atom is -0.434 e. The fourth-order valence-corrected chi connectivity index (χ4v) is 2.12. The van der Waals surface area contributed by atoms with Gasteiger partial charge in [0.1, 0.15) is 17.1 Å². The SMILES string of the molecule is Fc1ccc(-c2cnc3c(ccn3C(F)F)n2)c(OC(F)F)c1. The molecule has 0 atom stereocenters. The number of alkyl halides is 4. The number of benzene rings is 1. The number of hydrogen-bond acceptors (Lipinski definition) is 3. The fourth-order valence-electron chi connectivity index (χ4n) is 2.12. The van der Waals surface area contributed by atoms with Crippen LogP contribution in [0.1, 0.15) is 6.55 Å². The molecule has 0 bridgehead atoms. The molecule has 0 aliphatic rings. The zero-order chi connectivity index (χ0) is 16.6. The predicted molar refractivity (Wildman–Crippen MR) is 70.8 cm³/mol. The lowest BCUT2D eigenvalue weighted by Gasteiger charge is -2.10. The molecule has 2 heterocycles. The molecule has 0 aliphatic heterocycles. The topological polar surface area (TPSA) is 39.9 Å². The minimum atomic E-state index is -3.15. The fraction of sp³-hybridized carbons (Fsp3) is 0.143. The molecule has 0 amide bonds. The molecule has 3 rings (SSSR count). The molecule has 23 heavy (non-hydrogen) atoms. The van der Waals surface area contributed by atoms with E-state index in [9.17, 15) is 22.0 Å². The van der Waals surface area contributed by atoms with Gasteiger partial charge in [-0.2, -0.15) is 17.6 Å². The van der Waals surface area contributed by atoms with Gasteiger partial charge < -0.3 is 4.74 Å². The third kappa shape index (κ3) is 2.94. The molecule has 0 saturated carbocycles. The van der Waals surface area contributed by atoms with Crippen LogP contribution in [0.15, 0.2) is 36.7 Å². The first kappa shape index (κ1) is 15.2. The Kier molecular flexibility index (Phi) is 3.85. The van der Waals surface area contributed by atoms with Gasteiger partial charge in [-0.1, -0.05) is 0 Å². The smallest absolute Gasteiger partial charge is 0.387 e. The molecule has 0 unspecified atom stereocenters. The first-order valence-corrected chi connectivity index (χ1v) is 6.32. The molecule has 0 spiro atoms. The summed E-state index contributed by atoms with van der Waals surface area (Å²) in [7, 11) is 0. The van der Waals surface area contributed by atoms with Crippen molar-refractivity contribution in [1.82, 2.24) is 14.5 Å². The molecule has 0 fully saturated rings. The van der Waals surface area contributed by atoms with E-state index in [0.29, 0.717) is 4.57 Å². The third-order valence-electron chi connectivity index (χ3n) is 3.06. The number of rotatable bonds is 4. The van der Waals surface area contributed by atoms with Gasteiger partial charge in [-0.05, 0) is 18.2 Å². The van der Waals surface area contributed by atoms with Crippen molar-refractivity contribution in [2.24, 2.45) is 0 Å². The van der Waals surface area contributed by atoms with Crippen molar-refractivity contribution >= 4 is 11.2 Å². The van der Waals surface area contributed by atoms with E-state index in [-0.39, 0.29) is 22.4 Å². The average Bonchev–Trinajstić information content (AvgIpc) is 2.89. The van der Waals surface area contributed by atoms with Crippen molar-refractivity contribution in [2.45, 2.75) is 13.2 Å². The lowest BCUT2D eigenvalue weighted by Crippen LogP contribution is -2.04. The van der Waals surface area contributed by atoms with E-state index in [1.165, 1.54) is 12.1 Å². The maximum Gasteiger partial charge on any atom is 0.387 e. The van der Waals surface area contributed by atoms with E-state index in [0.717, 1.165) is 24.5 Å². The second-order valence-corrected chi connectivity index (χ2v) is 4.48. The molecule has 120 valence electrons. The lowest BCUT2D eigenvalue weighted by molar-refractivity contribution is -0.0496. The Labute approximate surface area is 126 Å². The van der Waals surface area contributed by atoms with Gasteiger partial charge in [0, 0.05) is 17.8 Å². The van der Waals surface area contributed by atoms with Crippen molar-refractivity contribution < 1.29 is 26.7 Å². The van der Waals surface area contributed by atoms with Gasteiger partial charge in [-0.15, -0.1) is 0 Å². The highest BCUT2D eigenvalue weighted by Crippen LogP contribution is 2.31. The van der Waals surface area contributed by atoms with E-state index < -0.39 is 24.7 Å². The zero-order valence-electron chi connectivity index (χ0n) is 11.3. The van der Waals surface area contributed by atoms with Crippen LogP contribution in [-0.2, 0) is 0 Å². The van der Waals surface area contributed by atoms with E-state index in [1.807, 2.05) is 0 Å². The minimum absolute atomic E-state index is 0.0535. The Balaban J connectivity index is 2.10. The molecule has 0 radical (unpaired) electrons. The molecular weight excluding hydrogens is 321 g/mol. The van der Waals surface area contributed by atoms with E-state index >= 15 is 0 Å². The summed E-state index contributed by atoms with van der Waals surface area (Å²) in [6.45, 7) is -5.93. The Bertz CT molecular complexity index is 850. The predicted octanol–water partition coefficient (Wildman–Crippen LogP) is 4.23. The van der Waals surface area contributed by atoms with E-state index in [1.54, 1.807) is 0 Å². The van der Waals surface area contributed by atoms with Gasteiger partial charge in [-0.3, -0.25) is 4.57 Å². The maximum atomic E-state index is 13.2. The molecule has 3 aromatic rings.